The predicted octanol–water partition coefficient (Wildman–Crippen LogP) is 1.18. The molecule has 0 saturated carbocycles. The molecule has 2 rings (SSSR count). The lowest BCUT2D eigenvalue weighted by Crippen LogP contribution is -2.06. The molecule has 0 radical (unpaired) electrons. The van der Waals surface area contributed by atoms with Crippen LogP contribution in [0.3, 0.4) is 0 Å². The summed E-state index contributed by atoms with van der Waals surface area (Å²) in [6.45, 7) is 0. The summed E-state index contributed by atoms with van der Waals surface area (Å²) in [7, 11) is 1.36. The maximum atomic E-state index is 11.4. The van der Waals surface area contributed by atoms with Crippen LogP contribution in [0.25, 0.3) is 0 Å². The Hall–Kier alpha value is -1.58. The molecule has 0 fully saturated rings. The van der Waals surface area contributed by atoms with Gasteiger partial charge in [-0.2, -0.15) is 0 Å². The Kier molecular flexibility index (Phi) is 2.11. The van der Waals surface area contributed by atoms with Crippen LogP contribution in [-0.2, 0) is 9.53 Å². The van der Waals surface area contributed by atoms with Crippen LogP contribution >= 0.6 is 0 Å². The van der Waals surface area contributed by atoms with Crippen molar-refractivity contribution in [1.29, 1.82) is 0 Å². The number of nitrogens with zero attached hydrogens (tertiary/aromatic N) is 1. The molecular weight excluding hydrogens is 182 g/mol. The molecule has 0 aliphatic carbocycles. The third-order valence-corrected chi connectivity index (χ3v) is 2.53. The van der Waals surface area contributed by atoms with E-state index < -0.39 is 0 Å². The number of aromatic nitrogens is 1. The molecule has 0 saturated heterocycles. The third-order valence-electron chi connectivity index (χ3n) is 2.53. The van der Waals surface area contributed by atoms with Gasteiger partial charge in [0, 0.05) is 24.2 Å². The van der Waals surface area contributed by atoms with Crippen LogP contribution in [0.5, 0.6) is 0 Å². The number of rotatable bonds is 2. The predicted molar refractivity (Wildman–Crippen MR) is 49.0 cm³/mol. The van der Waals surface area contributed by atoms with E-state index >= 15 is 0 Å². The average molecular weight is 193 g/mol. The summed E-state index contributed by atoms with van der Waals surface area (Å²) in [4.78, 5) is 22.5. The van der Waals surface area contributed by atoms with Crippen LogP contribution in [0.1, 0.15) is 29.2 Å². The normalized spacial score (nSPS) is 19.5. The van der Waals surface area contributed by atoms with Gasteiger partial charge in [0.1, 0.15) is 0 Å². The summed E-state index contributed by atoms with van der Waals surface area (Å²) >= 11 is 0. The van der Waals surface area contributed by atoms with Gasteiger partial charge in [-0.1, -0.05) is 0 Å². The van der Waals surface area contributed by atoms with Gasteiger partial charge in [0.05, 0.1) is 13.5 Å². The Morgan fingerprint density at radius 1 is 1.71 bits per heavy atom. The summed E-state index contributed by atoms with van der Waals surface area (Å²) in [6.07, 6.45) is 2.42. The van der Waals surface area contributed by atoms with E-state index in [-0.39, 0.29) is 24.2 Å². The summed E-state index contributed by atoms with van der Waals surface area (Å²) in [6, 6.07) is 3.69. The van der Waals surface area contributed by atoms with Crippen molar-refractivity contribution in [1.82, 2.24) is 4.57 Å². The number of carbonyl (C=O) groups is 2. The highest BCUT2D eigenvalue weighted by molar-refractivity contribution is 5.85. The Bertz CT molecular complexity index is 380. The molecular formula is C10H11NO3. The number of hydrogen-bond donors (Lipinski definition) is 0. The zero-order valence-electron chi connectivity index (χ0n) is 7.90. The first-order chi connectivity index (χ1) is 6.72. The fourth-order valence-electron chi connectivity index (χ4n) is 1.83. The molecule has 4 heteroatoms. The highest BCUT2D eigenvalue weighted by atomic mass is 16.5. The van der Waals surface area contributed by atoms with E-state index in [1.165, 1.54) is 7.11 Å². The minimum Gasteiger partial charge on any atom is -0.469 e. The van der Waals surface area contributed by atoms with Crippen LogP contribution in [-0.4, -0.2) is 23.6 Å². The fraction of sp³-hybridized carbons (Fsp3) is 0.400. The van der Waals surface area contributed by atoms with Gasteiger partial charge in [-0.3, -0.25) is 14.2 Å². The monoisotopic (exact) mass is 193 g/mol. The van der Waals surface area contributed by atoms with E-state index in [9.17, 15) is 9.59 Å². The third kappa shape index (κ3) is 1.32. The molecule has 1 aromatic heterocycles. The Morgan fingerprint density at radius 3 is 3.21 bits per heavy atom. The lowest BCUT2D eigenvalue weighted by molar-refractivity contribution is -0.141. The maximum Gasteiger partial charge on any atom is 0.306 e. The minimum atomic E-state index is -0.266. The van der Waals surface area contributed by atoms with Crippen LogP contribution in [0.4, 0.5) is 0 Å². The van der Waals surface area contributed by atoms with Gasteiger partial charge in [-0.15, -0.1) is 0 Å². The first kappa shape index (κ1) is 8.99. The number of fused-ring (bicyclic) bond motifs is 1. The first-order valence-corrected chi connectivity index (χ1v) is 4.49. The van der Waals surface area contributed by atoms with Crippen molar-refractivity contribution in [3.05, 3.63) is 24.0 Å². The first-order valence-electron chi connectivity index (χ1n) is 4.49. The standard InChI is InChI=1S/C10H11NO3/c1-14-10(13)6-7-5-9(12)11-4-2-3-8(7)11/h2-4,7H,5-6H2,1H3. The van der Waals surface area contributed by atoms with Crippen molar-refractivity contribution in [2.24, 2.45) is 0 Å². The molecule has 14 heavy (non-hydrogen) atoms. The summed E-state index contributed by atoms with van der Waals surface area (Å²) in [5.41, 5.74) is 0.917. The van der Waals surface area contributed by atoms with E-state index in [0.29, 0.717) is 6.42 Å². The zero-order valence-corrected chi connectivity index (χ0v) is 7.90. The van der Waals surface area contributed by atoms with Gasteiger partial charge in [-0.25, -0.2) is 0 Å². The molecule has 0 bridgehead atoms. The van der Waals surface area contributed by atoms with Gasteiger partial charge in [0.2, 0.25) is 5.91 Å². The molecule has 4 nitrogen and oxygen atoms in total. The maximum absolute atomic E-state index is 11.4. The quantitative estimate of drug-likeness (QED) is 0.662. The van der Waals surface area contributed by atoms with Crippen LogP contribution in [0.2, 0.25) is 0 Å². The van der Waals surface area contributed by atoms with Gasteiger partial charge in [0.15, 0.2) is 0 Å². The molecule has 1 aromatic rings. The number of carbonyl (C=O) groups excluding carboxylic acids is 2. The molecule has 1 aliphatic heterocycles. The van der Waals surface area contributed by atoms with Crippen molar-refractivity contribution >= 4 is 11.9 Å². The van der Waals surface area contributed by atoms with E-state index in [1.807, 2.05) is 12.1 Å². The van der Waals surface area contributed by atoms with Crippen molar-refractivity contribution in [2.75, 3.05) is 7.11 Å². The van der Waals surface area contributed by atoms with Crippen molar-refractivity contribution in [3.8, 4) is 0 Å². The Morgan fingerprint density at radius 2 is 2.50 bits per heavy atom. The molecule has 0 N–H and O–H groups in total. The highest BCUT2D eigenvalue weighted by Crippen LogP contribution is 2.31. The van der Waals surface area contributed by atoms with E-state index in [4.69, 9.17) is 0 Å². The molecule has 1 atom stereocenters. The lowest BCUT2D eigenvalue weighted by atomic mass is 10.0. The molecule has 0 amide bonds. The number of esters is 1. The summed E-state index contributed by atoms with van der Waals surface area (Å²) in [5.74, 6) is -0.221. The SMILES string of the molecule is COC(=O)CC1CC(=O)n2cccc21. The average Bonchev–Trinajstić information content (AvgIpc) is 2.72. The van der Waals surface area contributed by atoms with Gasteiger partial charge in [-0.05, 0) is 12.1 Å². The minimum absolute atomic E-state index is 0.00931. The summed E-state index contributed by atoms with van der Waals surface area (Å²) in [5, 5.41) is 0. The zero-order chi connectivity index (χ0) is 10.1. The van der Waals surface area contributed by atoms with Crippen LogP contribution in [0, 0.1) is 0 Å². The molecule has 0 aromatic carbocycles. The second kappa shape index (κ2) is 3.29. The smallest absolute Gasteiger partial charge is 0.306 e. The van der Waals surface area contributed by atoms with E-state index in [1.54, 1.807) is 10.8 Å². The molecule has 2 heterocycles. The largest absolute Gasteiger partial charge is 0.469 e. The van der Waals surface area contributed by atoms with Crippen LogP contribution in [0.15, 0.2) is 18.3 Å². The molecule has 1 aliphatic rings. The molecule has 1 unspecified atom stereocenters. The lowest BCUT2D eigenvalue weighted by Gasteiger charge is -2.05. The van der Waals surface area contributed by atoms with Gasteiger partial charge >= 0.3 is 5.97 Å². The molecule has 74 valence electrons. The fourth-order valence-corrected chi connectivity index (χ4v) is 1.83. The number of methoxy groups -OCH3 is 1. The van der Waals surface area contributed by atoms with Crippen molar-refractivity contribution < 1.29 is 14.3 Å². The van der Waals surface area contributed by atoms with Gasteiger partial charge < -0.3 is 4.74 Å². The second-order valence-corrected chi connectivity index (χ2v) is 3.38. The molecule has 0 spiro atoms. The van der Waals surface area contributed by atoms with Gasteiger partial charge in [0.25, 0.3) is 0 Å². The van der Waals surface area contributed by atoms with Crippen molar-refractivity contribution in [2.45, 2.75) is 18.8 Å². The van der Waals surface area contributed by atoms with Crippen LogP contribution < -0.4 is 0 Å². The number of hydrogen-bond acceptors (Lipinski definition) is 3. The highest BCUT2D eigenvalue weighted by Gasteiger charge is 2.30. The van der Waals surface area contributed by atoms with E-state index in [2.05, 4.69) is 4.74 Å². The Labute approximate surface area is 81.5 Å². The van der Waals surface area contributed by atoms with Crippen molar-refractivity contribution in [3.63, 3.8) is 0 Å². The summed E-state index contributed by atoms with van der Waals surface area (Å²) < 4.78 is 6.18. The Balaban J connectivity index is 2.18. The van der Waals surface area contributed by atoms with E-state index in [0.717, 1.165) is 5.69 Å². The topological polar surface area (TPSA) is 48.3 Å². The second-order valence-electron chi connectivity index (χ2n) is 3.38. The number of ether oxygens (including phenoxy) is 1.